The molecule has 0 saturated carbocycles. The van der Waals surface area contributed by atoms with E-state index in [1.807, 2.05) is 23.6 Å². The molecule has 2 rings (SSSR count). The second-order valence-electron chi connectivity index (χ2n) is 3.89. The van der Waals surface area contributed by atoms with Crippen LogP contribution in [0.1, 0.15) is 11.9 Å². The zero-order valence-corrected chi connectivity index (χ0v) is 12.2. The van der Waals surface area contributed by atoms with Gasteiger partial charge in [0, 0.05) is 24.5 Å². The Balaban J connectivity index is 1.95. The molecule has 0 saturated heterocycles. The molecular weight excluding hydrogens is 282 g/mol. The van der Waals surface area contributed by atoms with Gasteiger partial charge in [0.25, 0.3) is 0 Å². The lowest BCUT2D eigenvalue weighted by Crippen LogP contribution is -2.27. The highest BCUT2D eigenvalue weighted by Gasteiger charge is 2.08. The van der Waals surface area contributed by atoms with Crippen LogP contribution < -0.4 is 4.72 Å². The van der Waals surface area contributed by atoms with Gasteiger partial charge in [0.15, 0.2) is 0 Å². The SMILES string of the molecule is CCS(=O)(=O)NCCc1nc(-c2ccccn2)cs1. The van der Waals surface area contributed by atoms with Gasteiger partial charge in [-0.15, -0.1) is 11.3 Å². The van der Waals surface area contributed by atoms with E-state index in [2.05, 4.69) is 14.7 Å². The van der Waals surface area contributed by atoms with Gasteiger partial charge in [-0.3, -0.25) is 4.98 Å². The average molecular weight is 297 g/mol. The van der Waals surface area contributed by atoms with Crippen molar-refractivity contribution >= 4 is 21.4 Å². The van der Waals surface area contributed by atoms with Crippen molar-refractivity contribution in [1.82, 2.24) is 14.7 Å². The third kappa shape index (κ3) is 4.09. The Labute approximate surface area is 116 Å². The van der Waals surface area contributed by atoms with Crippen molar-refractivity contribution in [3.8, 4) is 11.4 Å². The van der Waals surface area contributed by atoms with Gasteiger partial charge in [0.2, 0.25) is 10.0 Å². The van der Waals surface area contributed by atoms with Crippen LogP contribution in [0.5, 0.6) is 0 Å². The molecule has 1 N–H and O–H groups in total. The van der Waals surface area contributed by atoms with Crippen LogP contribution in [-0.4, -0.2) is 30.7 Å². The molecule has 0 unspecified atom stereocenters. The van der Waals surface area contributed by atoms with Crippen LogP contribution in [0.2, 0.25) is 0 Å². The number of thiazole rings is 1. The molecule has 0 bridgehead atoms. The third-order valence-corrected chi connectivity index (χ3v) is 4.83. The quantitative estimate of drug-likeness (QED) is 0.880. The summed E-state index contributed by atoms with van der Waals surface area (Å²) in [5.41, 5.74) is 1.66. The molecule has 19 heavy (non-hydrogen) atoms. The second-order valence-corrected chi connectivity index (χ2v) is 6.93. The van der Waals surface area contributed by atoms with E-state index in [4.69, 9.17) is 0 Å². The molecule has 7 heteroatoms. The van der Waals surface area contributed by atoms with E-state index in [9.17, 15) is 8.42 Å². The monoisotopic (exact) mass is 297 g/mol. The van der Waals surface area contributed by atoms with Gasteiger partial charge in [0.1, 0.15) is 0 Å². The Hall–Kier alpha value is -1.31. The lowest BCUT2D eigenvalue weighted by atomic mass is 10.3. The standard InChI is InChI=1S/C12H15N3O2S2/c1-2-19(16,17)14-8-6-12-15-11(9-18-12)10-5-3-4-7-13-10/h3-5,7,9,14H,2,6,8H2,1H3. The van der Waals surface area contributed by atoms with Gasteiger partial charge in [-0.2, -0.15) is 0 Å². The van der Waals surface area contributed by atoms with Crippen LogP contribution in [0.25, 0.3) is 11.4 Å². The predicted molar refractivity (Wildman–Crippen MR) is 76.5 cm³/mol. The highest BCUT2D eigenvalue weighted by molar-refractivity contribution is 7.89. The highest BCUT2D eigenvalue weighted by atomic mass is 32.2. The average Bonchev–Trinajstić information content (AvgIpc) is 2.88. The molecule has 102 valence electrons. The van der Waals surface area contributed by atoms with Gasteiger partial charge in [-0.05, 0) is 19.1 Å². The summed E-state index contributed by atoms with van der Waals surface area (Å²) in [6.45, 7) is 2.00. The number of sulfonamides is 1. The van der Waals surface area contributed by atoms with Crippen LogP contribution >= 0.6 is 11.3 Å². The van der Waals surface area contributed by atoms with E-state index in [0.29, 0.717) is 13.0 Å². The number of rotatable bonds is 6. The molecule has 0 fully saturated rings. The normalized spacial score (nSPS) is 11.6. The molecule has 0 aromatic carbocycles. The van der Waals surface area contributed by atoms with E-state index < -0.39 is 10.0 Å². The second kappa shape index (κ2) is 6.23. The van der Waals surface area contributed by atoms with Crippen LogP contribution in [0.3, 0.4) is 0 Å². The van der Waals surface area contributed by atoms with E-state index in [1.165, 1.54) is 11.3 Å². The van der Waals surface area contributed by atoms with Crippen LogP contribution in [0.4, 0.5) is 0 Å². The fourth-order valence-electron chi connectivity index (χ4n) is 1.47. The van der Waals surface area contributed by atoms with Crippen LogP contribution in [0.15, 0.2) is 29.8 Å². The minimum Gasteiger partial charge on any atom is -0.255 e. The first-order valence-electron chi connectivity index (χ1n) is 5.94. The molecule has 0 atom stereocenters. The number of hydrogen-bond acceptors (Lipinski definition) is 5. The molecule has 0 aliphatic rings. The minimum atomic E-state index is -3.12. The molecule has 0 radical (unpaired) electrons. The largest absolute Gasteiger partial charge is 0.255 e. The van der Waals surface area contributed by atoms with Gasteiger partial charge in [0.05, 0.1) is 22.1 Å². The topological polar surface area (TPSA) is 72.0 Å². The van der Waals surface area contributed by atoms with Crippen LogP contribution in [-0.2, 0) is 16.4 Å². The molecule has 0 spiro atoms. The summed E-state index contributed by atoms with van der Waals surface area (Å²) in [7, 11) is -3.12. The van der Waals surface area contributed by atoms with Crippen molar-refractivity contribution in [2.45, 2.75) is 13.3 Å². The summed E-state index contributed by atoms with van der Waals surface area (Å²) in [5.74, 6) is 0.101. The minimum absolute atomic E-state index is 0.101. The Morgan fingerprint density at radius 3 is 2.84 bits per heavy atom. The Bertz CT molecular complexity index is 623. The van der Waals surface area contributed by atoms with Crippen molar-refractivity contribution < 1.29 is 8.42 Å². The number of aromatic nitrogens is 2. The summed E-state index contributed by atoms with van der Waals surface area (Å²) in [5, 5.41) is 2.84. The van der Waals surface area contributed by atoms with E-state index in [1.54, 1.807) is 13.1 Å². The van der Waals surface area contributed by atoms with Gasteiger partial charge in [-0.25, -0.2) is 18.1 Å². The smallest absolute Gasteiger partial charge is 0.211 e. The van der Waals surface area contributed by atoms with Crippen molar-refractivity contribution in [3.63, 3.8) is 0 Å². The Morgan fingerprint density at radius 2 is 2.16 bits per heavy atom. The Morgan fingerprint density at radius 1 is 1.32 bits per heavy atom. The summed E-state index contributed by atoms with van der Waals surface area (Å²) in [4.78, 5) is 8.67. The van der Waals surface area contributed by atoms with Gasteiger partial charge in [-0.1, -0.05) is 6.07 Å². The predicted octanol–water partition coefficient (Wildman–Crippen LogP) is 1.69. The highest BCUT2D eigenvalue weighted by Crippen LogP contribution is 2.19. The van der Waals surface area contributed by atoms with E-state index in [-0.39, 0.29) is 5.75 Å². The van der Waals surface area contributed by atoms with Gasteiger partial charge >= 0.3 is 0 Å². The van der Waals surface area contributed by atoms with E-state index >= 15 is 0 Å². The number of hydrogen-bond donors (Lipinski definition) is 1. The number of pyridine rings is 1. The molecule has 5 nitrogen and oxygen atoms in total. The number of nitrogens with zero attached hydrogens (tertiary/aromatic N) is 2. The first-order chi connectivity index (χ1) is 9.11. The van der Waals surface area contributed by atoms with Crippen molar-refractivity contribution in [2.75, 3.05) is 12.3 Å². The van der Waals surface area contributed by atoms with Crippen molar-refractivity contribution in [3.05, 3.63) is 34.8 Å². The summed E-state index contributed by atoms with van der Waals surface area (Å²) >= 11 is 1.52. The molecule has 0 aliphatic carbocycles. The lowest BCUT2D eigenvalue weighted by Gasteiger charge is -2.01. The molecule has 2 aromatic rings. The lowest BCUT2D eigenvalue weighted by molar-refractivity contribution is 0.583. The fourth-order valence-corrected chi connectivity index (χ4v) is 2.88. The van der Waals surface area contributed by atoms with Crippen molar-refractivity contribution in [1.29, 1.82) is 0 Å². The van der Waals surface area contributed by atoms with Gasteiger partial charge < -0.3 is 0 Å². The fraction of sp³-hybridized carbons (Fsp3) is 0.333. The number of nitrogens with one attached hydrogen (secondary N) is 1. The van der Waals surface area contributed by atoms with Crippen molar-refractivity contribution in [2.24, 2.45) is 0 Å². The maximum atomic E-state index is 11.3. The maximum absolute atomic E-state index is 11.3. The molecule has 0 aliphatic heterocycles. The Kier molecular flexibility index (Phi) is 4.62. The summed E-state index contributed by atoms with van der Waals surface area (Å²) < 4.78 is 25.1. The third-order valence-electron chi connectivity index (χ3n) is 2.52. The maximum Gasteiger partial charge on any atom is 0.211 e. The zero-order chi connectivity index (χ0) is 13.7. The first kappa shape index (κ1) is 14.1. The summed E-state index contributed by atoms with van der Waals surface area (Å²) in [6.07, 6.45) is 2.32. The molecule has 0 amide bonds. The molecule has 2 aromatic heterocycles. The first-order valence-corrected chi connectivity index (χ1v) is 8.47. The molecular formula is C12H15N3O2S2. The zero-order valence-electron chi connectivity index (χ0n) is 10.5. The van der Waals surface area contributed by atoms with Crippen LogP contribution in [0, 0.1) is 0 Å². The van der Waals surface area contributed by atoms with E-state index in [0.717, 1.165) is 16.4 Å². The summed E-state index contributed by atoms with van der Waals surface area (Å²) in [6, 6.07) is 5.67. The molecule has 2 heterocycles.